The molecular weight excluding hydrogens is 248 g/mol. The van der Waals surface area contributed by atoms with E-state index in [0.717, 1.165) is 25.2 Å². The van der Waals surface area contributed by atoms with Crippen molar-refractivity contribution in [2.45, 2.75) is 19.3 Å². The molecule has 0 aromatic carbocycles. The quantitative estimate of drug-likeness (QED) is 0.897. The van der Waals surface area contributed by atoms with Crippen LogP contribution < -0.4 is 0 Å². The van der Waals surface area contributed by atoms with Crippen LogP contribution in [-0.2, 0) is 0 Å². The molecule has 1 unspecified atom stereocenters. The summed E-state index contributed by atoms with van der Waals surface area (Å²) in [5, 5.41) is 8.89. The Kier molecular flexibility index (Phi) is 2.87. The number of rotatable bonds is 2. The highest BCUT2D eigenvalue weighted by Crippen LogP contribution is 2.28. The van der Waals surface area contributed by atoms with Gasteiger partial charge in [0.25, 0.3) is 5.91 Å². The van der Waals surface area contributed by atoms with Gasteiger partial charge < -0.3 is 4.90 Å². The minimum Gasteiger partial charge on any atom is -0.337 e. The lowest BCUT2D eigenvalue weighted by molar-refractivity contribution is 0.0785. The second-order valence-corrected chi connectivity index (χ2v) is 5.30. The average molecular weight is 262 g/mol. The number of aromatic amines is 1. The van der Waals surface area contributed by atoms with Crippen molar-refractivity contribution in [2.24, 2.45) is 0 Å². The third-order valence-corrected chi connectivity index (χ3v) is 3.99. The minimum atomic E-state index is 0.0379. The van der Waals surface area contributed by atoms with Crippen molar-refractivity contribution in [3.8, 4) is 0 Å². The first-order valence-corrected chi connectivity index (χ1v) is 6.87. The van der Waals surface area contributed by atoms with Crippen molar-refractivity contribution in [2.75, 3.05) is 13.1 Å². The van der Waals surface area contributed by atoms with Gasteiger partial charge in [-0.15, -0.1) is 11.3 Å². The summed E-state index contributed by atoms with van der Waals surface area (Å²) >= 11 is 1.45. The summed E-state index contributed by atoms with van der Waals surface area (Å²) in [6, 6.07) is 0. The van der Waals surface area contributed by atoms with Crippen molar-refractivity contribution in [3.63, 3.8) is 0 Å². The number of likely N-dealkylation sites (tertiary alicyclic amines) is 1. The van der Waals surface area contributed by atoms with Crippen LogP contribution in [0.3, 0.4) is 0 Å². The number of hydrogen-bond donors (Lipinski definition) is 1. The molecule has 0 saturated carbocycles. The minimum absolute atomic E-state index is 0.0379. The summed E-state index contributed by atoms with van der Waals surface area (Å²) < 4.78 is 0. The van der Waals surface area contributed by atoms with Gasteiger partial charge in [-0.2, -0.15) is 5.10 Å². The van der Waals surface area contributed by atoms with Crippen molar-refractivity contribution in [3.05, 3.63) is 34.0 Å². The van der Waals surface area contributed by atoms with E-state index in [9.17, 15) is 4.79 Å². The maximum absolute atomic E-state index is 12.2. The fourth-order valence-corrected chi connectivity index (χ4v) is 2.96. The summed E-state index contributed by atoms with van der Waals surface area (Å²) in [6.45, 7) is 3.59. The van der Waals surface area contributed by atoms with Gasteiger partial charge in [0.05, 0.1) is 11.7 Å². The highest BCUT2D eigenvalue weighted by molar-refractivity contribution is 7.07. The molecule has 0 spiro atoms. The van der Waals surface area contributed by atoms with E-state index < -0.39 is 0 Å². The zero-order valence-electron chi connectivity index (χ0n) is 10.1. The van der Waals surface area contributed by atoms with Crippen LogP contribution in [0, 0.1) is 6.92 Å². The summed E-state index contributed by atoms with van der Waals surface area (Å²) in [4.78, 5) is 18.1. The number of amides is 1. The molecule has 1 fully saturated rings. The largest absolute Gasteiger partial charge is 0.337 e. The molecule has 1 N–H and O–H groups in total. The van der Waals surface area contributed by atoms with Crippen molar-refractivity contribution in [1.29, 1.82) is 0 Å². The lowest BCUT2D eigenvalue weighted by Gasteiger charge is -2.14. The van der Waals surface area contributed by atoms with E-state index in [1.165, 1.54) is 16.9 Å². The van der Waals surface area contributed by atoms with Gasteiger partial charge in [-0.25, -0.2) is 4.98 Å². The molecule has 1 saturated heterocycles. The molecular formula is C12H14N4OS. The van der Waals surface area contributed by atoms with Crippen LogP contribution in [0.4, 0.5) is 0 Å². The molecule has 1 atom stereocenters. The zero-order chi connectivity index (χ0) is 12.5. The van der Waals surface area contributed by atoms with Crippen molar-refractivity contribution in [1.82, 2.24) is 20.1 Å². The smallest absolute Gasteiger partial charge is 0.273 e. The van der Waals surface area contributed by atoms with Crippen LogP contribution in [0.25, 0.3) is 0 Å². The molecule has 1 aliphatic heterocycles. The standard InChI is InChI=1S/C12H14N4OS/c1-8-4-14-15-11(8)9-2-3-16(5-9)12(17)10-6-18-7-13-10/h4,6-7,9H,2-3,5H2,1H3,(H,14,15). The second kappa shape index (κ2) is 4.53. The normalized spacial score (nSPS) is 19.4. The zero-order valence-corrected chi connectivity index (χ0v) is 10.9. The van der Waals surface area contributed by atoms with Crippen molar-refractivity contribution >= 4 is 17.2 Å². The van der Waals surface area contributed by atoms with E-state index in [1.54, 1.807) is 10.9 Å². The maximum Gasteiger partial charge on any atom is 0.273 e. The van der Waals surface area contributed by atoms with Crippen LogP contribution in [0.15, 0.2) is 17.1 Å². The van der Waals surface area contributed by atoms with Gasteiger partial charge in [0.2, 0.25) is 0 Å². The number of nitrogens with one attached hydrogen (secondary N) is 1. The number of thiazole rings is 1. The Bertz CT molecular complexity index is 548. The Hall–Kier alpha value is -1.69. The molecule has 1 amide bonds. The molecule has 5 nitrogen and oxygen atoms in total. The van der Waals surface area contributed by atoms with Gasteiger partial charge in [-0.1, -0.05) is 0 Å². The molecule has 18 heavy (non-hydrogen) atoms. The number of aryl methyl sites for hydroxylation is 1. The summed E-state index contributed by atoms with van der Waals surface area (Å²) in [6.07, 6.45) is 2.82. The van der Waals surface area contributed by atoms with Gasteiger partial charge in [0.15, 0.2) is 0 Å². The third kappa shape index (κ3) is 1.92. The lowest BCUT2D eigenvalue weighted by Crippen LogP contribution is -2.28. The Morgan fingerprint density at radius 1 is 1.61 bits per heavy atom. The number of hydrogen-bond acceptors (Lipinski definition) is 4. The number of carbonyl (C=O) groups is 1. The summed E-state index contributed by atoms with van der Waals surface area (Å²) in [5.74, 6) is 0.408. The van der Waals surface area contributed by atoms with Crippen molar-refractivity contribution < 1.29 is 4.79 Å². The monoisotopic (exact) mass is 262 g/mol. The molecule has 2 aromatic rings. The Morgan fingerprint density at radius 2 is 2.50 bits per heavy atom. The number of carbonyl (C=O) groups excluding carboxylic acids is 1. The van der Waals surface area contributed by atoms with E-state index in [-0.39, 0.29) is 5.91 Å². The molecule has 3 rings (SSSR count). The molecule has 3 heterocycles. The van der Waals surface area contributed by atoms with Crippen LogP contribution in [0.5, 0.6) is 0 Å². The maximum atomic E-state index is 12.2. The molecule has 1 aliphatic rings. The molecule has 6 heteroatoms. The van der Waals surface area contributed by atoms with E-state index in [0.29, 0.717) is 11.6 Å². The van der Waals surface area contributed by atoms with E-state index in [2.05, 4.69) is 15.2 Å². The first-order valence-electron chi connectivity index (χ1n) is 5.93. The van der Waals surface area contributed by atoms with Crippen LogP contribution in [0.2, 0.25) is 0 Å². The van der Waals surface area contributed by atoms with Crippen LogP contribution in [-0.4, -0.2) is 39.1 Å². The Balaban J connectivity index is 1.73. The van der Waals surface area contributed by atoms with Gasteiger partial charge in [-0.3, -0.25) is 9.89 Å². The highest BCUT2D eigenvalue weighted by atomic mass is 32.1. The highest BCUT2D eigenvalue weighted by Gasteiger charge is 2.30. The average Bonchev–Trinajstić information content (AvgIpc) is 3.09. The Morgan fingerprint density at radius 3 is 3.17 bits per heavy atom. The number of H-pyrrole nitrogens is 1. The SMILES string of the molecule is Cc1cn[nH]c1C1CCN(C(=O)c2cscn2)C1. The molecule has 0 aliphatic carbocycles. The predicted molar refractivity (Wildman–Crippen MR) is 68.7 cm³/mol. The number of nitrogens with zero attached hydrogens (tertiary/aromatic N) is 3. The fraction of sp³-hybridized carbons (Fsp3) is 0.417. The van der Waals surface area contributed by atoms with Crippen LogP contribution >= 0.6 is 11.3 Å². The topological polar surface area (TPSA) is 61.9 Å². The van der Waals surface area contributed by atoms with Gasteiger partial charge >= 0.3 is 0 Å². The second-order valence-electron chi connectivity index (χ2n) is 4.58. The lowest BCUT2D eigenvalue weighted by atomic mass is 10.0. The number of aromatic nitrogens is 3. The first kappa shape index (κ1) is 11.4. The molecule has 2 aromatic heterocycles. The third-order valence-electron chi connectivity index (χ3n) is 3.40. The fourth-order valence-electron chi connectivity index (χ4n) is 2.43. The summed E-state index contributed by atoms with van der Waals surface area (Å²) in [7, 11) is 0. The Labute approximate surface area is 109 Å². The summed E-state index contributed by atoms with van der Waals surface area (Å²) in [5.41, 5.74) is 4.58. The van der Waals surface area contributed by atoms with E-state index in [4.69, 9.17) is 0 Å². The van der Waals surface area contributed by atoms with Gasteiger partial charge in [0.1, 0.15) is 5.69 Å². The van der Waals surface area contributed by atoms with E-state index >= 15 is 0 Å². The van der Waals surface area contributed by atoms with Crippen LogP contribution in [0.1, 0.15) is 34.1 Å². The van der Waals surface area contributed by atoms with Gasteiger partial charge in [-0.05, 0) is 18.9 Å². The van der Waals surface area contributed by atoms with Gasteiger partial charge in [0, 0.05) is 30.1 Å². The predicted octanol–water partition coefficient (Wildman–Crippen LogP) is 1.80. The molecule has 0 radical (unpaired) electrons. The molecule has 0 bridgehead atoms. The van der Waals surface area contributed by atoms with E-state index in [1.807, 2.05) is 18.0 Å². The molecule has 94 valence electrons. The first-order chi connectivity index (χ1) is 8.75.